The van der Waals surface area contributed by atoms with Gasteiger partial charge in [-0.2, -0.15) is 0 Å². The molecule has 2 rings (SSSR count). The van der Waals surface area contributed by atoms with E-state index in [4.69, 9.17) is 5.11 Å². The molecule has 0 saturated heterocycles. The van der Waals surface area contributed by atoms with Gasteiger partial charge >= 0.3 is 5.97 Å². The number of benzene rings is 2. The van der Waals surface area contributed by atoms with Gasteiger partial charge in [-0.1, -0.05) is 61.7 Å². The number of carbonyl (C=O) groups is 2. The fourth-order valence-electron chi connectivity index (χ4n) is 2.76. The van der Waals surface area contributed by atoms with Gasteiger partial charge in [-0.05, 0) is 29.2 Å². The number of nitrogens with one attached hydrogen (secondary N) is 1. The van der Waals surface area contributed by atoms with Crippen molar-refractivity contribution in [1.82, 2.24) is 5.32 Å². The summed E-state index contributed by atoms with van der Waals surface area (Å²) in [6.07, 6.45) is 5.33. The fourth-order valence-corrected chi connectivity index (χ4v) is 2.76. The molecule has 24 heavy (non-hydrogen) atoms. The zero-order chi connectivity index (χ0) is 17.2. The molecule has 0 aliphatic rings. The highest BCUT2D eigenvalue weighted by molar-refractivity contribution is 5.85. The maximum Gasteiger partial charge on any atom is 0.303 e. The Kier molecular flexibility index (Phi) is 7.27. The van der Waals surface area contributed by atoms with Gasteiger partial charge in [-0.25, -0.2) is 0 Å². The van der Waals surface area contributed by atoms with Crippen LogP contribution in [0.25, 0.3) is 10.8 Å². The van der Waals surface area contributed by atoms with Crippen LogP contribution in [0.5, 0.6) is 0 Å². The van der Waals surface area contributed by atoms with E-state index in [0.717, 1.165) is 43.1 Å². The van der Waals surface area contributed by atoms with E-state index in [9.17, 15) is 9.59 Å². The molecule has 0 fully saturated rings. The Morgan fingerprint density at radius 2 is 1.58 bits per heavy atom. The Morgan fingerprint density at radius 3 is 2.38 bits per heavy atom. The number of carboxylic acids is 1. The molecule has 2 aromatic rings. The molecule has 1 amide bonds. The summed E-state index contributed by atoms with van der Waals surface area (Å²) in [5.74, 6) is -0.674. The van der Waals surface area contributed by atoms with Gasteiger partial charge in [0.2, 0.25) is 5.91 Å². The van der Waals surface area contributed by atoms with E-state index in [0.29, 0.717) is 13.0 Å². The predicted molar refractivity (Wildman–Crippen MR) is 96.0 cm³/mol. The topological polar surface area (TPSA) is 66.4 Å². The van der Waals surface area contributed by atoms with E-state index in [1.54, 1.807) is 0 Å². The molecule has 0 heterocycles. The fraction of sp³-hybridized carbons (Fsp3) is 0.400. The van der Waals surface area contributed by atoms with Gasteiger partial charge in [-0.3, -0.25) is 9.59 Å². The summed E-state index contributed by atoms with van der Waals surface area (Å²) >= 11 is 0. The van der Waals surface area contributed by atoms with E-state index < -0.39 is 5.97 Å². The molecule has 0 saturated carbocycles. The largest absolute Gasteiger partial charge is 0.481 e. The number of fused-ring (bicyclic) bond motifs is 1. The van der Waals surface area contributed by atoms with Crippen LogP contribution in [0.2, 0.25) is 0 Å². The zero-order valence-electron chi connectivity index (χ0n) is 14.0. The molecule has 128 valence electrons. The van der Waals surface area contributed by atoms with Crippen LogP contribution in [0, 0.1) is 0 Å². The second-order valence-corrected chi connectivity index (χ2v) is 6.12. The van der Waals surface area contributed by atoms with Crippen LogP contribution in [-0.2, 0) is 16.0 Å². The Morgan fingerprint density at radius 1 is 0.875 bits per heavy atom. The molecule has 0 bridgehead atoms. The average molecular weight is 327 g/mol. The number of aliphatic carboxylic acids is 1. The lowest BCUT2D eigenvalue weighted by Gasteiger charge is -2.06. The molecule has 0 unspecified atom stereocenters. The normalized spacial score (nSPS) is 10.7. The predicted octanol–water partition coefficient (Wildman–Crippen LogP) is 3.92. The molecular formula is C20H25NO3. The van der Waals surface area contributed by atoms with Crippen LogP contribution in [0.4, 0.5) is 0 Å². The van der Waals surface area contributed by atoms with Gasteiger partial charge in [0.25, 0.3) is 0 Å². The molecular weight excluding hydrogens is 302 g/mol. The first kappa shape index (κ1) is 18.0. The van der Waals surface area contributed by atoms with Gasteiger partial charge in [0.15, 0.2) is 0 Å². The van der Waals surface area contributed by atoms with E-state index >= 15 is 0 Å². The van der Waals surface area contributed by atoms with Gasteiger partial charge in [0, 0.05) is 13.0 Å². The van der Waals surface area contributed by atoms with E-state index in [-0.39, 0.29) is 12.3 Å². The minimum absolute atomic E-state index is 0.0520. The number of hydrogen-bond acceptors (Lipinski definition) is 2. The van der Waals surface area contributed by atoms with Crippen molar-refractivity contribution < 1.29 is 14.7 Å². The standard InChI is InChI=1S/C20H25NO3/c22-19(21-13-7-3-1-2-4-10-20(23)24)15-16-11-12-17-8-5-6-9-18(17)14-16/h5-6,8-9,11-12,14H,1-4,7,10,13,15H2,(H,21,22)(H,23,24). The molecule has 2 aromatic carbocycles. The lowest BCUT2D eigenvalue weighted by Crippen LogP contribution is -2.26. The highest BCUT2D eigenvalue weighted by Crippen LogP contribution is 2.15. The van der Waals surface area contributed by atoms with Crippen LogP contribution < -0.4 is 5.32 Å². The van der Waals surface area contributed by atoms with Crippen LogP contribution in [0.3, 0.4) is 0 Å². The average Bonchev–Trinajstić information content (AvgIpc) is 2.57. The first-order chi connectivity index (χ1) is 11.6. The van der Waals surface area contributed by atoms with Crippen molar-refractivity contribution in [3.05, 3.63) is 48.0 Å². The van der Waals surface area contributed by atoms with Crippen LogP contribution in [0.1, 0.15) is 44.1 Å². The van der Waals surface area contributed by atoms with Crippen LogP contribution >= 0.6 is 0 Å². The van der Waals surface area contributed by atoms with Gasteiger partial charge in [-0.15, -0.1) is 0 Å². The quantitative estimate of drug-likeness (QED) is 0.650. The van der Waals surface area contributed by atoms with Gasteiger partial charge < -0.3 is 10.4 Å². The van der Waals surface area contributed by atoms with Gasteiger partial charge in [0.05, 0.1) is 6.42 Å². The number of carboxylic acid groups (broad SMARTS) is 1. The van der Waals surface area contributed by atoms with Crippen molar-refractivity contribution >= 4 is 22.6 Å². The van der Waals surface area contributed by atoms with Gasteiger partial charge in [0.1, 0.15) is 0 Å². The van der Waals surface area contributed by atoms with Crippen molar-refractivity contribution in [2.45, 2.75) is 44.9 Å². The monoisotopic (exact) mass is 327 g/mol. The summed E-state index contributed by atoms with van der Waals surface area (Å²) in [6, 6.07) is 14.3. The number of hydrogen-bond donors (Lipinski definition) is 2. The van der Waals surface area contributed by atoms with Crippen molar-refractivity contribution in [3.63, 3.8) is 0 Å². The van der Waals surface area contributed by atoms with Crippen molar-refractivity contribution in [3.8, 4) is 0 Å². The van der Waals surface area contributed by atoms with Crippen molar-refractivity contribution in [1.29, 1.82) is 0 Å². The number of carbonyl (C=O) groups excluding carboxylic acids is 1. The Labute approximate surface area is 142 Å². The summed E-state index contributed by atoms with van der Waals surface area (Å²) in [7, 11) is 0. The molecule has 4 heteroatoms. The van der Waals surface area contributed by atoms with Crippen molar-refractivity contribution in [2.24, 2.45) is 0 Å². The smallest absolute Gasteiger partial charge is 0.303 e. The molecule has 0 atom stereocenters. The molecule has 0 radical (unpaired) electrons. The lowest BCUT2D eigenvalue weighted by atomic mass is 10.0. The maximum absolute atomic E-state index is 12.0. The molecule has 0 aliphatic heterocycles. The first-order valence-electron chi connectivity index (χ1n) is 8.61. The second kappa shape index (κ2) is 9.71. The summed E-state index contributed by atoms with van der Waals surface area (Å²) in [5.41, 5.74) is 1.03. The third kappa shape index (κ3) is 6.41. The maximum atomic E-state index is 12.0. The zero-order valence-corrected chi connectivity index (χ0v) is 14.0. The third-order valence-corrected chi connectivity index (χ3v) is 4.07. The Hall–Kier alpha value is -2.36. The van der Waals surface area contributed by atoms with Crippen LogP contribution in [-0.4, -0.2) is 23.5 Å². The van der Waals surface area contributed by atoms with Crippen LogP contribution in [0.15, 0.2) is 42.5 Å². The number of unbranched alkanes of at least 4 members (excludes halogenated alkanes) is 4. The minimum atomic E-state index is -0.726. The summed E-state index contributed by atoms with van der Waals surface area (Å²) in [4.78, 5) is 22.4. The summed E-state index contributed by atoms with van der Waals surface area (Å²) in [5, 5.41) is 13.8. The SMILES string of the molecule is O=C(O)CCCCCCCNC(=O)Cc1ccc2ccccc2c1. The summed E-state index contributed by atoms with van der Waals surface area (Å²) in [6.45, 7) is 0.686. The summed E-state index contributed by atoms with van der Waals surface area (Å²) < 4.78 is 0. The number of amides is 1. The van der Waals surface area contributed by atoms with E-state index in [2.05, 4.69) is 29.6 Å². The van der Waals surface area contributed by atoms with Crippen molar-refractivity contribution in [2.75, 3.05) is 6.54 Å². The molecule has 0 aromatic heterocycles. The lowest BCUT2D eigenvalue weighted by molar-refractivity contribution is -0.137. The molecule has 0 aliphatic carbocycles. The second-order valence-electron chi connectivity index (χ2n) is 6.12. The molecule has 0 spiro atoms. The highest BCUT2D eigenvalue weighted by atomic mass is 16.4. The first-order valence-corrected chi connectivity index (χ1v) is 8.61. The molecule has 2 N–H and O–H groups in total. The third-order valence-electron chi connectivity index (χ3n) is 4.07. The number of rotatable bonds is 10. The molecule has 4 nitrogen and oxygen atoms in total. The van der Waals surface area contributed by atoms with E-state index in [1.807, 2.05) is 18.2 Å². The minimum Gasteiger partial charge on any atom is -0.481 e. The Balaban J connectivity index is 1.61. The van der Waals surface area contributed by atoms with E-state index in [1.165, 1.54) is 5.39 Å². The highest BCUT2D eigenvalue weighted by Gasteiger charge is 2.04. The Bertz CT molecular complexity index is 681.